The minimum absolute atomic E-state index is 1.19. The molecule has 0 spiro atoms. The van der Waals surface area contributed by atoms with E-state index in [0.717, 1.165) is 0 Å². The van der Waals surface area contributed by atoms with Gasteiger partial charge < -0.3 is 0 Å². The molecule has 0 aliphatic carbocycles. The standard InChI is InChI=1S/C11H17NS/c1-2-10-5-6-11(13-10)9-12-7-3-4-8-12/h5-6H,2-4,7-9H2,1H3. The average Bonchev–Trinajstić information content (AvgIpc) is 2.76. The van der Waals surface area contributed by atoms with E-state index in [4.69, 9.17) is 0 Å². The number of hydrogen-bond acceptors (Lipinski definition) is 2. The van der Waals surface area contributed by atoms with Crippen molar-refractivity contribution in [2.75, 3.05) is 13.1 Å². The Hall–Kier alpha value is -0.340. The highest BCUT2D eigenvalue weighted by atomic mass is 32.1. The van der Waals surface area contributed by atoms with Crippen molar-refractivity contribution in [3.05, 3.63) is 21.9 Å². The molecule has 1 aliphatic rings. The molecule has 1 saturated heterocycles. The molecule has 0 aromatic carbocycles. The first-order valence-electron chi connectivity index (χ1n) is 5.18. The molecular formula is C11H17NS. The van der Waals surface area contributed by atoms with E-state index in [2.05, 4.69) is 24.0 Å². The number of likely N-dealkylation sites (tertiary alicyclic amines) is 1. The van der Waals surface area contributed by atoms with Crippen molar-refractivity contribution in [1.29, 1.82) is 0 Å². The van der Waals surface area contributed by atoms with Crippen molar-refractivity contribution >= 4 is 11.3 Å². The summed E-state index contributed by atoms with van der Waals surface area (Å²) in [4.78, 5) is 5.62. The van der Waals surface area contributed by atoms with Gasteiger partial charge in [-0.15, -0.1) is 11.3 Å². The highest BCUT2D eigenvalue weighted by molar-refractivity contribution is 7.11. The Bertz CT molecular complexity index is 261. The zero-order chi connectivity index (χ0) is 9.10. The molecule has 0 atom stereocenters. The van der Waals surface area contributed by atoms with Gasteiger partial charge in [-0.05, 0) is 44.5 Å². The van der Waals surface area contributed by atoms with Gasteiger partial charge in [-0.3, -0.25) is 4.90 Å². The molecule has 13 heavy (non-hydrogen) atoms. The van der Waals surface area contributed by atoms with Crippen molar-refractivity contribution in [2.24, 2.45) is 0 Å². The number of thiophene rings is 1. The van der Waals surface area contributed by atoms with Gasteiger partial charge in [0.25, 0.3) is 0 Å². The van der Waals surface area contributed by atoms with Gasteiger partial charge in [0.1, 0.15) is 0 Å². The van der Waals surface area contributed by atoms with Crippen molar-refractivity contribution < 1.29 is 0 Å². The van der Waals surface area contributed by atoms with E-state index in [-0.39, 0.29) is 0 Å². The Morgan fingerprint density at radius 3 is 2.54 bits per heavy atom. The SMILES string of the molecule is CCc1ccc(CN2CCCC2)s1. The first kappa shape index (κ1) is 9.22. The largest absolute Gasteiger partial charge is 0.298 e. The lowest BCUT2D eigenvalue weighted by Crippen LogP contribution is -2.17. The molecule has 0 unspecified atom stereocenters. The van der Waals surface area contributed by atoms with E-state index in [0.29, 0.717) is 0 Å². The van der Waals surface area contributed by atoms with E-state index in [1.165, 1.54) is 43.8 Å². The normalized spacial score (nSPS) is 18.2. The summed E-state index contributed by atoms with van der Waals surface area (Å²) in [5.74, 6) is 0. The van der Waals surface area contributed by atoms with Crippen molar-refractivity contribution in [3.63, 3.8) is 0 Å². The van der Waals surface area contributed by atoms with Gasteiger partial charge in [0, 0.05) is 16.3 Å². The monoisotopic (exact) mass is 195 g/mol. The van der Waals surface area contributed by atoms with Crippen LogP contribution in [0.5, 0.6) is 0 Å². The molecular weight excluding hydrogens is 178 g/mol. The number of rotatable bonds is 3. The van der Waals surface area contributed by atoms with Crippen LogP contribution in [0.15, 0.2) is 12.1 Å². The Labute approximate surface area is 84.4 Å². The van der Waals surface area contributed by atoms with E-state index in [9.17, 15) is 0 Å². The van der Waals surface area contributed by atoms with Crippen LogP contribution in [0.2, 0.25) is 0 Å². The zero-order valence-corrected chi connectivity index (χ0v) is 9.07. The van der Waals surface area contributed by atoms with Crippen LogP contribution >= 0.6 is 11.3 Å². The van der Waals surface area contributed by atoms with Crippen LogP contribution in [0, 0.1) is 0 Å². The van der Waals surface area contributed by atoms with Crippen LogP contribution in [0.4, 0.5) is 0 Å². The van der Waals surface area contributed by atoms with E-state index >= 15 is 0 Å². The second-order valence-corrected chi connectivity index (χ2v) is 4.96. The smallest absolute Gasteiger partial charge is 0.0328 e. The van der Waals surface area contributed by atoms with Crippen molar-refractivity contribution in [3.8, 4) is 0 Å². The number of nitrogens with zero attached hydrogens (tertiary/aromatic N) is 1. The van der Waals surface area contributed by atoms with Crippen LogP contribution in [0.3, 0.4) is 0 Å². The second-order valence-electron chi connectivity index (χ2n) is 3.70. The van der Waals surface area contributed by atoms with Crippen LogP contribution in [0.25, 0.3) is 0 Å². The van der Waals surface area contributed by atoms with E-state index in [1.54, 1.807) is 4.88 Å². The van der Waals surface area contributed by atoms with Gasteiger partial charge in [0.2, 0.25) is 0 Å². The lowest BCUT2D eigenvalue weighted by molar-refractivity contribution is 0.334. The van der Waals surface area contributed by atoms with Gasteiger partial charge >= 0.3 is 0 Å². The summed E-state index contributed by atoms with van der Waals surface area (Å²) in [6.45, 7) is 6.02. The molecule has 0 bridgehead atoms. The van der Waals surface area contributed by atoms with Gasteiger partial charge in [0.05, 0.1) is 0 Å². The van der Waals surface area contributed by atoms with Gasteiger partial charge in [-0.25, -0.2) is 0 Å². The molecule has 2 heteroatoms. The van der Waals surface area contributed by atoms with E-state index in [1.807, 2.05) is 11.3 Å². The summed E-state index contributed by atoms with van der Waals surface area (Å²) in [5.41, 5.74) is 0. The Balaban J connectivity index is 1.92. The summed E-state index contributed by atoms with van der Waals surface area (Å²) >= 11 is 1.98. The van der Waals surface area contributed by atoms with Crippen LogP contribution in [-0.4, -0.2) is 18.0 Å². The summed E-state index contributed by atoms with van der Waals surface area (Å²) in [7, 11) is 0. The molecule has 1 fully saturated rings. The maximum Gasteiger partial charge on any atom is 0.0328 e. The Morgan fingerprint density at radius 1 is 1.23 bits per heavy atom. The third kappa shape index (κ3) is 2.32. The summed E-state index contributed by atoms with van der Waals surface area (Å²) < 4.78 is 0. The molecule has 72 valence electrons. The van der Waals surface area contributed by atoms with Gasteiger partial charge in [0.15, 0.2) is 0 Å². The fourth-order valence-corrected chi connectivity index (χ4v) is 2.86. The fraction of sp³-hybridized carbons (Fsp3) is 0.636. The van der Waals surface area contributed by atoms with Crippen LogP contribution < -0.4 is 0 Å². The number of aryl methyl sites for hydroxylation is 1. The highest BCUT2D eigenvalue weighted by Crippen LogP contribution is 2.20. The lowest BCUT2D eigenvalue weighted by Gasteiger charge is -2.12. The minimum Gasteiger partial charge on any atom is -0.298 e. The molecule has 0 radical (unpaired) electrons. The third-order valence-corrected chi connectivity index (χ3v) is 3.86. The molecule has 0 N–H and O–H groups in total. The molecule has 1 nitrogen and oxygen atoms in total. The average molecular weight is 195 g/mol. The van der Waals surface area contributed by atoms with Crippen molar-refractivity contribution in [1.82, 2.24) is 4.90 Å². The maximum atomic E-state index is 2.56. The summed E-state index contributed by atoms with van der Waals surface area (Å²) in [5, 5.41) is 0. The van der Waals surface area contributed by atoms with Crippen molar-refractivity contribution in [2.45, 2.75) is 32.7 Å². The quantitative estimate of drug-likeness (QED) is 0.717. The predicted octanol–water partition coefficient (Wildman–Crippen LogP) is 2.91. The molecule has 1 aromatic rings. The van der Waals surface area contributed by atoms with Gasteiger partial charge in [-0.1, -0.05) is 6.92 Å². The van der Waals surface area contributed by atoms with E-state index < -0.39 is 0 Å². The zero-order valence-electron chi connectivity index (χ0n) is 8.25. The second kappa shape index (κ2) is 4.25. The van der Waals surface area contributed by atoms with Crippen LogP contribution in [-0.2, 0) is 13.0 Å². The fourth-order valence-electron chi connectivity index (χ4n) is 1.86. The highest BCUT2D eigenvalue weighted by Gasteiger charge is 2.12. The summed E-state index contributed by atoms with van der Waals surface area (Å²) in [6, 6.07) is 4.57. The molecule has 0 saturated carbocycles. The molecule has 1 aliphatic heterocycles. The molecule has 0 amide bonds. The Morgan fingerprint density at radius 2 is 1.92 bits per heavy atom. The molecule has 2 heterocycles. The number of hydrogen-bond donors (Lipinski definition) is 0. The third-order valence-electron chi connectivity index (χ3n) is 2.64. The summed E-state index contributed by atoms with van der Waals surface area (Å²) in [6.07, 6.45) is 3.97. The predicted molar refractivity (Wildman–Crippen MR) is 58.2 cm³/mol. The maximum absolute atomic E-state index is 2.56. The first-order valence-corrected chi connectivity index (χ1v) is 6.00. The Kier molecular flexibility index (Phi) is 3.01. The lowest BCUT2D eigenvalue weighted by atomic mass is 10.3. The van der Waals surface area contributed by atoms with Gasteiger partial charge in [-0.2, -0.15) is 0 Å². The first-order chi connectivity index (χ1) is 6.38. The topological polar surface area (TPSA) is 3.24 Å². The minimum atomic E-state index is 1.19. The molecule has 1 aromatic heterocycles. The molecule has 2 rings (SSSR count). The van der Waals surface area contributed by atoms with Crippen LogP contribution in [0.1, 0.15) is 29.5 Å².